The summed E-state index contributed by atoms with van der Waals surface area (Å²) in [6, 6.07) is 9.69. The van der Waals surface area contributed by atoms with Gasteiger partial charge in [-0.05, 0) is 40.1 Å². The minimum atomic E-state index is 0.0118. The van der Waals surface area contributed by atoms with Crippen molar-refractivity contribution in [1.29, 1.82) is 0 Å². The summed E-state index contributed by atoms with van der Waals surface area (Å²) in [5.41, 5.74) is 3.03. The van der Waals surface area contributed by atoms with Gasteiger partial charge in [-0.15, -0.1) is 0 Å². The molecule has 1 aromatic carbocycles. The third kappa shape index (κ3) is 5.10. The van der Waals surface area contributed by atoms with Crippen molar-refractivity contribution in [2.75, 3.05) is 21.1 Å². The number of carbonyl (C=O) groups is 1. The Morgan fingerprint density at radius 1 is 1.09 bits per heavy atom. The molecule has 0 fully saturated rings. The average molecular weight is 330 g/mol. The van der Waals surface area contributed by atoms with Crippen molar-refractivity contribution in [2.45, 2.75) is 13.1 Å². The smallest absolute Gasteiger partial charge is 0.253 e. The second-order valence-electron chi connectivity index (χ2n) is 5.31. The first-order valence-corrected chi connectivity index (χ1v) is 8.30. The van der Waals surface area contributed by atoms with Crippen molar-refractivity contribution >= 4 is 23.2 Å². The Kier molecular flexibility index (Phi) is 6.17. The van der Waals surface area contributed by atoms with Gasteiger partial charge in [-0.25, -0.2) is 0 Å². The lowest BCUT2D eigenvalue weighted by Gasteiger charge is -2.13. The average Bonchev–Trinajstić information content (AvgIpc) is 3.08. The third-order valence-corrected chi connectivity index (χ3v) is 4.06. The highest BCUT2D eigenvalue weighted by atomic mass is 32.1. The molecule has 5 nitrogen and oxygen atoms in total. The lowest BCUT2D eigenvalue weighted by Crippen LogP contribution is -2.36. The normalized spacial score (nSPS) is 11.2. The fourth-order valence-corrected chi connectivity index (χ4v) is 2.68. The van der Waals surface area contributed by atoms with Crippen LogP contribution in [0.4, 0.5) is 0 Å². The van der Waals surface area contributed by atoms with E-state index in [0.29, 0.717) is 12.1 Å². The minimum absolute atomic E-state index is 0.0118. The molecule has 6 heteroatoms. The van der Waals surface area contributed by atoms with E-state index in [9.17, 15) is 4.79 Å². The first kappa shape index (κ1) is 17.0. The SMILES string of the molecule is CN=C(NCc1ccc(C(=O)N(C)C)cc1)NCc1ccsc1. The molecule has 122 valence electrons. The van der Waals surface area contributed by atoms with Crippen molar-refractivity contribution < 1.29 is 4.79 Å². The maximum atomic E-state index is 11.8. The fraction of sp³-hybridized carbons (Fsp3) is 0.294. The minimum Gasteiger partial charge on any atom is -0.352 e. The molecule has 23 heavy (non-hydrogen) atoms. The number of nitrogens with zero attached hydrogens (tertiary/aromatic N) is 2. The molecule has 0 aliphatic rings. The Labute approximate surface area is 141 Å². The Bertz CT molecular complexity index is 648. The van der Waals surface area contributed by atoms with Gasteiger partial charge in [0, 0.05) is 39.8 Å². The molecule has 1 amide bonds. The molecule has 2 N–H and O–H groups in total. The van der Waals surface area contributed by atoms with E-state index < -0.39 is 0 Å². The molecule has 0 aliphatic heterocycles. The van der Waals surface area contributed by atoms with Crippen LogP contribution < -0.4 is 10.6 Å². The zero-order valence-electron chi connectivity index (χ0n) is 13.7. The van der Waals surface area contributed by atoms with Crippen LogP contribution in [0.1, 0.15) is 21.5 Å². The van der Waals surface area contributed by atoms with E-state index in [-0.39, 0.29) is 5.91 Å². The van der Waals surface area contributed by atoms with Gasteiger partial charge in [0.15, 0.2) is 5.96 Å². The van der Waals surface area contributed by atoms with Crippen molar-refractivity contribution in [3.05, 3.63) is 57.8 Å². The predicted octanol–water partition coefficient (Wildman–Crippen LogP) is 2.32. The summed E-state index contributed by atoms with van der Waals surface area (Å²) in [5.74, 6) is 0.766. The van der Waals surface area contributed by atoms with E-state index in [1.807, 2.05) is 24.3 Å². The monoisotopic (exact) mass is 330 g/mol. The van der Waals surface area contributed by atoms with E-state index in [4.69, 9.17) is 0 Å². The lowest BCUT2D eigenvalue weighted by molar-refractivity contribution is 0.0827. The van der Waals surface area contributed by atoms with Gasteiger partial charge in [0.05, 0.1) is 0 Å². The summed E-state index contributed by atoms with van der Waals surface area (Å²) >= 11 is 1.68. The number of nitrogens with one attached hydrogen (secondary N) is 2. The molecule has 0 saturated carbocycles. The van der Waals surface area contributed by atoms with Crippen LogP contribution >= 0.6 is 11.3 Å². The van der Waals surface area contributed by atoms with Gasteiger partial charge in [0.2, 0.25) is 0 Å². The Morgan fingerprint density at radius 3 is 2.26 bits per heavy atom. The summed E-state index contributed by atoms with van der Waals surface area (Å²) in [6.45, 7) is 1.40. The first-order valence-electron chi connectivity index (χ1n) is 7.36. The first-order chi connectivity index (χ1) is 11.1. The van der Waals surface area contributed by atoms with Crippen LogP contribution in [0.15, 0.2) is 46.1 Å². The molecule has 0 aliphatic carbocycles. The topological polar surface area (TPSA) is 56.7 Å². The molecule has 0 unspecified atom stereocenters. The number of guanidine groups is 1. The number of hydrogen-bond donors (Lipinski definition) is 2. The third-order valence-electron chi connectivity index (χ3n) is 3.33. The van der Waals surface area contributed by atoms with Crippen LogP contribution in [0.25, 0.3) is 0 Å². The highest BCUT2D eigenvalue weighted by Gasteiger charge is 2.07. The number of amides is 1. The number of thiophene rings is 1. The van der Waals surface area contributed by atoms with Gasteiger partial charge in [0.1, 0.15) is 0 Å². The summed E-state index contributed by atoms with van der Waals surface area (Å²) in [6.07, 6.45) is 0. The molecule has 1 heterocycles. The number of aliphatic imine (C=N–C) groups is 1. The second kappa shape index (κ2) is 8.33. The quantitative estimate of drug-likeness (QED) is 0.653. The molecule has 0 radical (unpaired) electrons. The zero-order valence-corrected chi connectivity index (χ0v) is 14.5. The Hall–Kier alpha value is -2.34. The van der Waals surface area contributed by atoms with Crippen molar-refractivity contribution in [1.82, 2.24) is 15.5 Å². The number of hydrogen-bond acceptors (Lipinski definition) is 3. The summed E-state index contributed by atoms with van der Waals surface area (Å²) in [4.78, 5) is 17.6. The Balaban J connectivity index is 1.85. The maximum Gasteiger partial charge on any atom is 0.253 e. The van der Waals surface area contributed by atoms with E-state index in [1.165, 1.54) is 5.56 Å². The molecular formula is C17H22N4OS. The maximum absolute atomic E-state index is 11.8. The van der Waals surface area contributed by atoms with Gasteiger partial charge >= 0.3 is 0 Å². The van der Waals surface area contributed by atoms with Gasteiger partial charge in [0.25, 0.3) is 5.91 Å². The predicted molar refractivity (Wildman–Crippen MR) is 95.8 cm³/mol. The molecule has 1 aromatic heterocycles. The van der Waals surface area contributed by atoms with Gasteiger partial charge in [-0.1, -0.05) is 12.1 Å². The highest BCUT2D eigenvalue weighted by Crippen LogP contribution is 2.07. The van der Waals surface area contributed by atoms with Crippen molar-refractivity contribution in [3.8, 4) is 0 Å². The summed E-state index contributed by atoms with van der Waals surface area (Å²) in [7, 11) is 5.25. The lowest BCUT2D eigenvalue weighted by atomic mass is 10.1. The van der Waals surface area contributed by atoms with Crippen LogP contribution in [0.5, 0.6) is 0 Å². The van der Waals surface area contributed by atoms with Crippen molar-refractivity contribution in [2.24, 2.45) is 4.99 Å². The number of carbonyl (C=O) groups excluding carboxylic acids is 1. The molecular weight excluding hydrogens is 308 g/mol. The van der Waals surface area contributed by atoms with Gasteiger partial charge < -0.3 is 15.5 Å². The van der Waals surface area contributed by atoms with E-state index >= 15 is 0 Å². The highest BCUT2D eigenvalue weighted by molar-refractivity contribution is 7.07. The molecule has 0 atom stereocenters. The summed E-state index contributed by atoms with van der Waals surface area (Å²) in [5, 5.41) is 10.7. The fourth-order valence-electron chi connectivity index (χ4n) is 2.01. The van der Waals surface area contributed by atoms with Gasteiger partial charge in [-0.2, -0.15) is 11.3 Å². The van der Waals surface area contributed by atoms with E-state index in [0.717, 1.165) is 18.1 Å². The van der Waals surface area contributed by atoms with Gasteiger partial charge in [-0.3, -0.25) is 9.79 Å². The Morgan fingerprint density at radius 2 is 1.74 bits per heavy atom. The van der Waals surface area contributed by atoms with Crippen LogP contribution in [0.2, 0.25) is 0 Å². The van der Waals surface area contributed by atoms with Crippen LogP contribution in [0.3, 0.4) is 0 Å². The van der Waals surface area contributed by atoms with Crippen molar-refractivity contribution in [3.63, 3.8) is 0 Å². The largest absolute Gasteiger partial charge is 0.352 e. The number of rotatable bonds is 5. The van der Waals surface area contributed by atoms with Crippen LogP contribution in [-0.4, -0.2) is 37.9 Å². The van der Waals surface area contributed by atoms with Crippen LogP contribution in [-0.2, 0) is 13.1 Å². The molecule has 2 rings (SSSR count). The summed E-state index contributed by atoms with van der Waals surface area (Å²) < 4.78 is 0. The molecule has 2 aromatic rings. The molecule has 0 saturated heterocycles. The zero-order chi connectivity index (χ0) is 16.7. The van der Waals surface area contributed by atoms with Crippen LogP contribution in [0, 0.1) is 0 Å². The molecule has 0 bridgehead atoms. The van der Waals surface area contributed by atoms with E-state index in [2.05, 4.69) is 32.5 Å². The number of benzene rings is 1. The van der Waals surface area contributed by atoms with E-state index in [1.54, 1.807) is 37.4 Å². The standard InChI is InChI=1S/C17H22N4OS/c1-18-17(20-11-14-8-9-23-12-14)19-10-13-4-6-15(7-5-13)16(22)21(2)3/h4-9,12H,10-11H2,1-3H3,(H2,18,19,20). The second-order valence-corrected chi connectivity index (χ2v) is 6.09. The molecule has 0 spiro atoms.